The molecule has 0 saturated heterocycles. The third-order valence-electron chi connectivity index (χ3n) is 6.95. The number of carbonyl (C=O) groups excluding carboxylic acids is 2. The summed E-state index contributed by atoms with van der Waals surface area (Å²) in [5, 5.41) is 9.04. The number of carbonyl (C=O) groups is 2. The van der Waals surface area contributed by atoms with Crippen LogP contribution in [0.1, 0.15) is 34.6 Å². The van der Waals surface area contributed by atoms with Crippen LogP contribution in [0.2, 0.25) is 0 Å². The highest BCUT2D eigenvalue weighted by Gasteiger charge is 2.24. The Morgan fingerprint density at radius 3 is 1.48 bits per heavy atom. The number of hydrogen-bond donors (Lipinski definition) is 0. The molecule has 0 unspecified atom stereocenters. The first-order chi connectivity index (χ1) is 19.6. The third-order valence-corrected chi connectivity index (χ3v) is 6.95. The van der Waals surface area contributed by atoms with Crippen LogP contribution < -0.4 is 0 Å². The fourth-order valence-corrected chi connectivity index (χ4v) is 5.36. The molecule has 0 radical (unpaired) electrons. The Labute approximate surface area is 227 Å². The molecule has 0 bridgehead atoms. The largest absolute Gasteiger partial charge is 0.462 e. The van der Waals surface area contributed by atoms with Gasteiger partial charge in [0.05, 0.1) is 47.7 Å². The molecule has 0 atom stereocenters. The SMILES string of the molecule is CCOC(=O)c1cnn2c3ccccc3n(-c3cccc(-n4c5ccccc5n5ncc(C(=O)OCC)c45)c3)c12. The van der Waals surface area contributed by atoms with Gasteiger partial charge in [-0.3, -0.25) is 9.13 Å². The molecule has 7 aromatic rings. The second-order valence-electron chi connectivity index (χ2n) is 9.20. The van der Waals surface area contributed by atoms with E-state index in [1.165, 1.54) is 0 Å². The van der Waals surface area contributed by atoms with Gasteiger partial charge in [0, 0.05) is 11.4 Å². The minimum absolute atomic E-state index is 0.261. The van der Waals surface area contributed by atoms with Gasteiger partial charge in [-0.2, -0.15) is 10.2 Å². The Hall–Kier alpha value is -5.38. The van der Waals surface area contributed by atoms with E-state index in [0.29, 0.717) is 22.4 Å². The molecule has 0 amide bonds. The highest BCUT2D eigenvalue weighted by Crippen LogP contribution is 2.32. The van der Waals surface area contributed by atoms with E-state index in [9.17, 15) is 9.59 Å². The Morgan fingerprint density at radius 1 is 0.625 bits per heavy atom. The summed E-state index contributed by atoms with van der Waals surface area (Å²) in [6.45, 7) is 4.08. The van der Waals surface area contributed by atoms with Crippen LogP contribution in [0.5, 0.6) is 0 Å². The van der Waals surface area contributed by atoms with Gasteiger partial charge in [0.1, 0.15) is 11.1 Å². The standard InChI is InChI=1S/C30H24N6O4/c1-3-39-29(37)21-17-31-35-25-14-7-5-12-23(25)33(27(21)35)19-10-9-11-20(16-19)34-24-13-6-8-15-26(24)36-28(34)22(18-32-36)30(38)40-4-2/h5-18H,3-4H2,1-2H3. The predicted octanol–water partition coefficient (Wildman–Crippen LogP) is 5.22. The smallest absolute Gasteiger partial charge is 0.343 e. The van der Waals surface area contributed by atoms with Crippen molar-refractivity contribution in [2.24, 2.45) is 0 Å². The van der Waals surface area contributed by atoms with Crippen LogP contribution in [0.15, 0.2) is 85.2 Å². The van der Waals surface area contributed by atoms with Gasteiger partial charge in [0.25, 0.3) is 0 Å². The van der Waals surface area contributed by atoms with Crippen LogP contribution in [0.25, 0.3) is 44.7 Å². The first kappa shape index (κ1) is 23.7. The number of fused-ring (bicyclic) bond motifs is 6. The van der Waals surface area contributed by atoms with Crippen LogP contribution in [-0.2, 0) is 9.47 Å². The van der Waals surface area contributed by atoms with Gasteiger partial charge in [-0.1, -0.05) is 30.3 Å². The third kappa shape index (κ3) is 3.35. The maximum atomic E-state index is 12.9. The Balaban J connectivity index is 1.51. The minimum Gasteiger partial charge on any atom is -0.462 e. The molecule has 0 aliphatic heterocycles. The molecule has 10 heteroatoms. The number of benzene rings is 3. The molecule has 0 spiro atoms. The Kier molecular flexibility index (Phi) is 5.41. The van der Waals surface area contributed by atoms with Crippen molar-refractivity contribution in [1.29, 1.82) is 0 Å². The van der Waals surface area contributed by atoms with E-state index in [0.717, 1.165) is 33.4 Å². The zero-order chi connectivity index (χ0) is 27.4. The van der Waals surface area contributed by atoms with Gasteiger partial charge < -0.3 is 9.47 Å². The van der Waals surface area contributed by atoms with E-state index in [1.807, 2.05) is 81.9 Å². The summed E-state index contributed by atoms with van der Waals surface area (Å²) in [7, 11) is 0. The normalized spacial score (nSPS) is 11.7. The van der Waals surface area contributed by atoms with Crippen LogP contribution in [0.3, 0.4) is 0 Å². The molecule has 0 N–H and O–H groups in total. The highest BCUT2D eigenvalue weighted by molar-refractivity contribution is 6.00. The molecule has 40 heavy (non-hydrogen) atoms. The van der Waals surface area contributed by atoms with Crippen LogP contribution in [-0.4, -0.2) is 53.5 Å². The van der Waals surface area contributed by atoms with Crippen LogP contribution in [0.4, 0.5) is 0 Å². The number of aromatic nitrogens is 6. The van der Waals surface area contributed by atoms with Gasteiger partial charge in [0.2, 0.25) is 0 Å². The number of esters is 2. The van der Waals surface area contributed by atoms with E-state index in [-0.39, 0.29) is 13.2 Å². The molecule has 7 rings (SSSR count). The van der Waals surface area contributed by atoms with E-state index >= 15 is 0 Å². The van der Waals surface area contributed by atoms with Crippen molar-refractivity contribution in [1.82, 2.24) is 28.4 Å². The molecule has 0 fully saturated rings. The quantitative estimate of drug-likeness (QED) is 0.272. The number of imidazole rings is 2. The van der Waals surface area contributed by atoms with Crippen LogP contribution in [0, 0.1) is 0 Å². The van der Waals surface area contributed by atoms with Gasteiger partial charge >= 0.3 is 11.9 Å². The van der Waals surface area contributed by atoms with Gasteiger partial charge in [-0.05, 0) is 56.3 Å². The van der Waals surface area contributed by atoms with Crippen molar-refractivity contribution < 1.29 is 19.1 Å². The van der Waals surface area contributed by atoms with Crippen molar-refractivity contribution >= 4 is 45.3 Å². The molecule has 198 valence electrons. The average molecular weight is 533 g/mol. The molecule has 0 aliphatic carbocycles. The lowest BCUT2D eigenvalue weighted by Crippen LogP contribution is -2.07. The molecule has 4 heterocycles. The van der Waals surface area contributed by atoms with Crippen molar-refractivity contribution in [2.75, 3.05) is 13.2 Å². The lowest BCUT2D eigenvalue weighted by atomic mass is 10.2. The maximum absolute atomic E-state index is 12.9. The summed E-state index contributed by atoms with van der Waals surface area (Å²) in [6.07, 6.45) is 3.09. The number of hydrogen-bond acceptors (Lipinski definition) is 6. The molecular weight excluding hydrogens is 508 g/mol. The predicted molar refractivity (Wildman–Crippen MR) is 150 cm³/mol. The van der Waals surface area contributed by atoms with Crippen molar-refractivity contribution in [3.63, 3.8) is 0 Å². The second-order valence-corrected chi connectivity index (χ2v) is 9.20. The summed E-state index contributed by atoms with van der Waals surface area (Å²) in [4.78, 5) is 25.8. The van der Waals surface area contributed by atoms with Gasteiger partial charge in [-0.15, -0.1) is 0 Å². The molecular formula is C30H24N6O4. The fraction of sp³-hybridized carbons (Fsp3) is 0.133. The van der Waals surface area contributed by atoms with Gasteiger partial charge in [0.15, 0.2) is 11.3 Å². The Bertz CT molecular complexity index is 1950. The van der Waals surface area contributed by atoms with E-state index < -0.39 is 11.9 Å². The summed E-state index contributed by atoms with van der Waals surface area (Å²) in [5.41, 5.74) is 7.05. The second kappa shape index (κ2) is 9.12. The van der Waals surface area contributed by atoms with E-state index in [1.54, 1.807) is 35.3 Å². The molecule has 0 aliphatic rings. The summed E-state index contributed by atoms with van der Waals surface area (Å²) < 4.78 is 18.2. The molecule has 4 aromatic heterocycles. The monoisotopic (exact) mass is 532 g/mol. The summed E-state index contributed by atoms with van der Waals surface area (Å²) in [5.74, 6) is -0.872. The number of ether oxygens (including phenoxy) is 2. The highest BCUT2D eigenvalue weighted by atomic mass is 16.5. The maximum Gasteiger partial charge on any atom is 0.343 e. The minimum atomic E-state index is -0.436. The topological polar surface area (TPSA) is 97.1 Å². The van der Waals surface area contributed by atoms with E-state index in [4.69, 9.17) is 9.47 Å². The summed E-state index contributed by atoms with van der Waals surface area (Å²) in [6, 6.07) is 23.6. The first-order valence-electron chi connectivity index (χ1n) is 13.0. The summed E-state index contributed by atoms with van der Waals surface area (Å²) >= 11 is 0. The molecule has 0 saturated carbocycles. The van der Waals surface area contributed by atoms with Gasteiger partial charge in [-0.25, -0.2) is 18.6 Å². The zero-order valence-electron chi connectivity index (χ0n) is 21.8. The number of nitrogens with zero attached hydrogens (tertiary/aromatic N) is 6. The Morgan fingerprint density at radius 2 is 1.05 bits per heavy atom. The molecule has 10 nitrogen and oxygen atoms in total. The lowest BCUT2D eigenvalue weighted by Gasteiger charge is -2.12. The van der Waals surface area contributed by atoms with Crippen molar-refractivity contribution in [2.45, 2.75) is 13.8 Å². The fourth-order valence-electron chi connectivity index (χ4n) is 5.36. The molecule has 3 aromatic carbocycles. The number of rotatable bonds is 6. The van der Waals surface area contributed by atoms with Crippen molar-refractivity contribution in [3.8, 4) is 11.4 Å². The van der Waals surface area contributed by atoms with E-state index in [2.05, 4.69) is 10.2 Å². The first-order valence-corrected chi connectivity index (χ1v) is 13.0. The average Bonchev–Trinajstić information content (AvgIpc) is 3.72. The van der Waals surface area contributed by atoms with Crippen molar-refractivity contribution in [3.05, 3.63) is 96.3 Å². The number of para-hydroxylation sites is 4. The lowest BCUT2D eigenvalue weighted by molar-refractivity contribution is 0.0518. The zero-order valence-corrected chi connectivity index (χ0v) is 21.8. The van der Waals surface area contributed by atoms with Crippen LogP contribution >= 0.6 is 0 Å².